The van der Waals surface area contributed by atoms with Gasteiger partial charge in [-0.3, -0.25) is 4.79 Å². The number of nitrogens with two attached hydrogens (primary N) is 1. The summed E-state index contributed by atoms with van der Waals surface area (Å²) in [5.41, 5.74) is 5.81. The summed E-state index contributed by atoms with van der Waals surface area (Å²) < 4.78 is 57.6. The number of alkyl halides is 3. The second-order valence-corrected chi connectivity index (χ2v) is 7.95. The van der Waals surface area contributed by atoms with E-state index >= 15 is 0 Å². The Kier molecular flexibility index (Phi) is 5.70. The molecule has 1 unspecified atom stereocenters. The molecular formula is C22H21F4N3O3. The van der Waals surface area contributed by atoms with Gasteiger partial charge in [0.1, 0.15) is 17.3 Å². The predicted octanol–water partition coefficient (Wildman–Crippen LogP) is 3.92. The van der Waals surface area contributed by atoms with Crippen molar-refractivity contribution >= 4 is 11.9 Å². The molecule has 32 heavy (non-hydrogen) atoms. The number of benzene rings is 2. The van der Waals surface area contributed by atoms with Crippen LogP contribution in [-0.2, 0) is 23.9 Å². The van der Waals surface area contributed by atoms with E-state index in [1.165, 1.54) is 4.90 Å². The van der Waals surface area contributed by atoms with E-state index in [9.17, 15) is 27.2 Å². The van der Waals surface area contributed by atoms with E-state index in [0.29, 0.717) is 56.9 Å². The van der Waals surface area contributed by atoms with Gasteiger partial charge in [0.15, 0.2) is 0 Å². The van der Waals surface area contributed by atoms with Crippen LogP contribution in [0.4, 0.5) is 22.4 Å². The number of ether oxygens (including phenoxy) is 1. The highest BCUT2D eigenvalue weighted by Gasteiger charge is 2.35. The Morgan fingerprint density at radius 3 is 2.38 bits per heavy atom. The van der Waals surface area contributed by atoms with E-state index < -0.39 is 23.6 Å². The summed E-state index contributed by atoms with van der Waals surface area (Å²) >= 11 is 0. The fourth-order valence-electron chi connectivity index (χ4n) is 4.13. The predicted molar refractivity (Wildman–Crippen MR) is 106 cm³/mol. The van der Waals surface area contributed by atoms with Crippen molar-refractivity contribution in [2.75, 3.05) is 19.6 Å². The van der Waals surface area contributed by atoms with Gasteiger partial charge in [-0.2, -0.15) is 13.2 Å². The van der Waals surface area contributed by atoms with Crippen molar-refractivity contribution in [3.63, 3.8) is 0 Å². The molecule has 2 aliphatic heterocycles. The van der Waals surface area contributed by atoms with Gasteiger partial charge in [0.2, 0.25) is 5.91 Å². The normalized spacial score (nSPS) is 18.4. The molecule has 0 aliphatic carbocycles. The van der Waals surface area contributed by atoms with E-state index in [2.05, 4.69) is 0 Å². The van der Waals surface area contributed by atoms with Crippen molar-refractivity contribution in [2.24, 2.45) is 11.7 Å². The molecule has 2 N–H and O–H groups in total. The molecule has 170 valence electrons. The van der Waals surface area contributed by atoms with Crippen molar-refractivity contribution in [3.05, 3.63) is 58.9 Å². The van der Waals surface area contributed by atoms with Gasteiger partial charge in [-0.05, 0) is 48.2 Å². The monoisotopic (exact) mass is 451 g/mol. The van der Waals surface area contributed by atoms with E-state index in [4.69, 9.17) is 10.5 Å². The zero-order valence-electron chi connectivity index (χ0n) is 17.0. The molecule has 2 aromatic carbocycles. The molecule has 0 aromatic heterocycles. The maximum Gasteiger partial charge on any atom is 0.419 e. The van der Waals surface area contributed by atoms with Gasteiger partial charge in [-0.25, -0.2) is 9.18 Å². The van der Waals surface area contributed by atoms with Crippen LogP contribution in [-0.4, -0.2) is 41.4 Å². The number of primary amides is 1. The molecule has 2 heterocycles. The lowest BCUT2D eigenvalue weighted by Crippen LogP contribution is -2.41. The summed E-state index contributed by atoms with van der Waals surface area (Å²) in [4.78, 5) is 27.4. The minimum atomic E-state index is -4.78. The summed E-state index contributed by atoms with van der Waals surface area (Å²) in [6.45, 7) is 1.65. The first-order valence-electron chi connectivity index (χ1n) is 10.1. The summed E-state index contributed by atoms with van der Waals surface area (Å²) in [6, 6.07) is 7.06. The Morgan fingerprint density at radius 2 is 1.72 bits per heavy atom. The number of hydrogen-bond acceptors (Lipinski definition) is 3. The van der Waals surface area contributed by atoms with Gasteiger partial charge < -0.3 is 20.3 Å². The number of carbonyl (C=O) groups is 2. The van der Waals surface area contributed by atoms with Crippen molar-refractivity contribution in [2.45, 2.75) is 25.6 Å². The third-order valence-corrected chi connectivity index (χ3v) is 5.83. The van der Waals surface area contributed by atoms with Crippen molar-refractivity contribution in [1.82, 2.24) is 9.80 Å². The second-order valence-electron chi connectivity index (χ2n) is 7.95. The summed E-state index contributed by atoms with van der Waals surface area (Å²) in [6.07, 6.45) is -3.57. The Bertz CT molecular complexity index is 1060. The van der Waals surface area contributed by atoms with Crippen molar-refractivity contribution in [1.29, 1.82) is 0 Å². The van der Waals surface area contributed by atoms with Crippen LogP contribution in [0.2, 0.25) is 0 Å². The summed E-state index contributed by atoms with van der Waals surface area (Å²) in [5.74, 6) is -1.48. The molecule has 6 nitrogen and oxygen atoms in total. The molecule has 0 radical (unpaired) electrons. The highest BCUT2D eigenvalue weighted by molar-refractivity contribution is 5.81. The summed E-state index contributed by atoms with van der Waals surface area (Å²) in [7, 11) is 0. The first-order chi connectivity index (χ1) is 15.1. The molecule has 1 saturated heterocycles. The van der Waals surface area contributed by atoms with Crippen LogP contribution in [0.5, 0.6) is 11.5 Å². The van der Waals surface area contributed by atoms with Crippen molar-refractivity contribution < 1.29 is 31.9 Å². The van der Waals surface area contributed by atoms with Gasteiger partial charge in [0, 0.05) is 32.2 Å². The molecule has 0 saturated carbocycles. The second kappa shape index (κ2) is 8.33. The molecular weight excluding hydrogens is 430 g/mol. The highest BCUT2D eigenvalue weighted by Crippen LogP contribution is 2.34. The molecule has 2 aromatic rings. The number of amides is 3. The van der Waals surface area contributed by atoms with Crippen LogP contribution in [0.1, 0.15) is 23.1 Å². The van der Waals surface area contributed by atoms with E-state index in [1.807, 2.05) is 6.07 Å². The molecule has 0 spiro atoms. The lowest BCUT2D eigenvalue weighted by atomic mass is 9.97. The Hall–Kier alpha value is -3.30. The van der Waals surface area contributed by atoms with Gasteiger partial charge >= 0.3 is 12.2 Å². The largest absolute Gasteiger partial charge is 0.457 e. The quantitative estimate of drug-likeness (QED) is 0.719. The lowest BCUT2D eigenvalue weighted by Gasteiger charge is -2.31. The van der Waals surface area contributed by atoms with E-state index in [0.717, 1.165) is 17.2 Å². The maximum absolute atomic E-state index is 13.8. The van der Waals surface area contributed by atoms with Crippen LogP contribution in [0.15, 0.2) is 36.4 Å². The molecule has 2 aliphatic rings. The minimum absolute atomic E-state index is 0.0458. The number of rotatable bonds is 3. The molecule has 1 atom stereocenters. The lowest BCUT2D eigenvalue weighted by molar-refractivity contribution is -0.140. The van der Waals surface area contributed by atoms with Crippen LogP contribution < -0.4 is 10.5 Å². The molecule has 0 bridgehead atoms. The number of carbonyl (C=O) groups excluding carboxylic acids is 2. The van der Waals surface area contributed by atoms with E-state index in [-0.39, 0.29) is 17.6 Å². The fourth-order valence-corrected chi connectivity index (χ4v) is 4.13. The van der Waals surface area contributed by atoms with Gasteiger partial charge in [-0.1, -0.05) is 6.07 Å². The zero-order valence-corrected chi connectivity index (χ0v) is 17.0. The fraction of sp³-hybridized carbons (Fsp3) is 0.364. The van der Waals surface area contributed by atoms with Crippen LogP contribution in [0.25, 0.3) is 0 Å². The Morgan fingerprint density at radius 1 is 1.00 bits per heavy atom. The third kappa shape index (κ3) is 4.49. The zero-order chi connectivity index (χ0) is 23.0. The van der Waals surface area contributed by atoms with Crippen LogP contribution >= 0.6 is 0 Å². The average Bonchev–Trinajstić information content (AvgIpc) is 3.22. The van der Waals surface area contributed by atoms with Crippen molar-refractivity contribution in [3.8, 4) is 11.5 Å². The smallest absolute Gasteiger partial charge is 0.419 e. The number of fused-ring (bicyclic) bond motifs is 1. The van der Waals surface area contributed by atoms with Gasteiger partial charge in [-0.15, -0.1) is 0 Å². The maximum atomic E-state index is 13.8. The highest BCUT2D eigenvalue weighted by atomic mass is 19.4. The topological polar surface area (TPSA) is 75.9 Å². The van der Waals surface area contributed by atoms with Crippen LogP contribution in [0.3, 0.4) is 0 Å². The first kappa shape index (κ1) is 21.9. The summed E-state index contributed by atoms with van der Waals surface area (Å²) in [5, 5.41) is 0. The van der Waals surface area contributed by atoms with Crippen LogP contribution in [0, 0.1) is 11.7 Å². The average molecular weight is 451 g/mol. The number of hydrogen-bond donors (Lipinski definition) is 1. The standard InChI is InChI=1S/C22H21F4N3O3/c23-19-10-17(3-4-18(19)22(24,25)26)32-16-2-1-13-5-7-28(12-15(13)9-16)20(30)14-6-8-29(11-14)21(27)31/h1-4,9-10,14H,5-8,11-12H2,(H2,27,31). The Balaban J connectivity index is 1.46. The first-order valence-corrected chi connectivity index (χ1v) is 10.1. The minimum Gasteiger partial charge on any atom is -0.457 e. The molecule has 4 rings (SSSR count). The van der Waals surface area contributed by atoms with Gasteiger partial charge in [0.05, 0.1) is 11.5 Å². The number of nitrogens with zero attached hydrogens (tertiary/aromatic N) is 2. The molecule has 3 amide bonds. The third-order valence-electron chi connectivity index (χ3n) is 5.83. The Labute approximate surface area is 181 Å². The number of urea groups is 1. The molecule has 10 heteroatoms. The number of likely N-dealkylation sites (tertiary alicyclic amines) is 1. The number of halogens is 4. The van der Waals surface area contributed by atoms with Gasteiger partial charge in [0.25, 0.3) is 0 Å². The van der Waals surface area contributed by atoms with E-state index in [1.54, 1.807) is 17.0 Å². The molecule has 1 fully saturated rings. The SMILES string of the molecule is NC(=O)N1CCC(C(=O)N2CCc3ccc(Oc4ccc(C(F)(F)F)c(F)c4)cc3C2)C1.